The first kappa shape index (κ1) is 20.2. The predicted octanol–water partition coefficient (Wildman–Crippen LogP) is 5.96. The Morgan fingerprint density at radius 3 is 2.54 bits per heavy atom. The highest BCUT2D eigenvalue weighted by atomic mass is 32.1. The van der Waals surface area contributed by atoms with Crippen molar-refractivity contribution in [2.45, 2.75) is 77.2 Å². The van der Waals surface area contributed by atoms with Gasteiger partial charge in [-0.15, -0.1) is 11.3 Å². The molecule has 1 aliphatic heterocycles. The Labute approximate surface area is 174 Å². The molecule has 4 rings (SSSR count). The van der Waals surface area contributed by atoms with E-state index in [0.717, 1.165) is 44.7 Å². The van der Waals surface area contributed by atoms with Crippen molar-refractivity contribution in [1.82, 2.24) is 4.90 Å². The molecule has 2 aliphatic carbocycles. The standard InChI is InChI=1S/C24H36N2OS/c1-18-8-10-20(11-9-18)24(27)26(21-12-14-25(2)15-13-21)22-16-23(28-17-22)19-6-4-3-5-7-19/h6,16-18,20-21H,3-5,7-15H2,1-2H3. The van der Waals surface area contributed by atoms with Crippen LogP contribution in [-0.4, -0.2) is 37.0 Å². The molecule has 0 atom stereocenters. The number of piperidine rings is 1. The first-order valence-electron chi connectivity index (χ1n) is 11.4. The van der Waals surface area contributed by atoms with Crippen LogP contribution in [0.4, 0.5) is 5.69 Å². The lowest BCUT2D eigenvalue weighted by atomic mass is 9.82. The molecule has 3 nitrogen and oxygen atoms in total. The third-order valence-corrected chi connectivity index (χ3v) is 8.12. The monoisotopic (exact) mass is 400 g/mol. The fourth-order valence-corrected chi connectivity index (χ4v) is 6.11. The van der Waals surface area contributed by atoms with Gasteiger partial charge >= 0.3 is 0 Å². The van der Waals surface area contributed by atoms with Crippen LogP contribution in [0, 0.1) is 11.8 Å². The van der Waals surface area contributed by atoms with Gasteiger partial charge in [-0.1, -0.05) is 13.0 Å². The van der Waals surface area contributed by atoms with Crippen LogP contribution < -0.4 is 4.90 Å². The summed E-state index contributed by atoms with van der Waals surface area (Å²) in [6, 6.07) is 2.69. The molecule has 0 radical (unpaired) electrons. The van der Waals surface area contributed by atoms with Crippen molar-refractivity contribution in [3.63, 3.8) is 0 Å². The SMILES string of the molecule is CC1CCC(C(=O)N(c2csc(C3=CCCCC3)c2)C2CCN(C)CC2)CC1. The van der Waals surface area contributed by atoms with Crippen LogP contribution in [-0.2, 0) is 4.79 Å². The molecule has 0 unspecified atom stereocenters. The van der Waals surface area contributed by atoms with E-state index >= 15 is 0 Å². The summed E-state index contributed by atoms with van der Waals surface area (Å²) in [5.41, 5.74) is 2.68. The molecule has 0 spiro atoms. The maximum absolute atomic E-state index is 13.7. The highest BCUT2D eigenvalue weighted by molar-refractivity contribution is 7.11. The van der Waals surface area contributed by atoms with E-state index in [1.165, 1.54) is 54.7 Å². The van der Waals surface area contributed by atoms with Crippen LogP contribution in [0.1, 0.15) is 76.0 Å². The number of allylic oxidation sites excluding steroid dienone is 2. The highest BCUT2D eigenvalue weighted by Crippen LogP contribution is 2.38. The Kier molecular flexibility index (Phi) is 6.57. The summed E-state index contributed by atoms with van der Waals surface area (Å²) in [6.45, 7) is 4.52. The van der Waals surface area contributed by atoms with Gasteiger partial charge in [0.15, 0.2) is 0 Å². The van der Waals surface area contributed by atoms with Crippen molar-refractivity contribution >= 4 is 28.5 Å². The zero-order valence-corrected chi connectivity index (χ0v) is 18.5. The number of nitrogens with zero attached hydrogens (tertiary/aromatic N) is 2. The number of hydrogen-bond donors (Lipinski definition) is 0. The zero-order chi connectivity index (χ0) is 19.5. The molecule has 3 aliphatic rings. The van der Waals surface area contributed by atoms with E-state index in [9.17, 15) is 4.79 Å². The second-order valence-corrected chi connectivity index (χ2v) is 10.3. The quantitative estimate of drug-likeness (QED) is 0.622. The van der Waals surface area contributed by atoms with Crippen LogP contribution in [0.3, 0.4) is 0 Å². The average Bonchev–Trinajstić information content (AvgIpc) is 3.20. The van der Waals surface area contributed by atoms with Crippen LogP contribution in [0.15, 0.2) is 17.5 Å². The molecular weight excluding hydrogens is 364 g/mol. The summed E-state index contributed by atoms with van der Waals surface area (Å²) < 4.78 is 0. The summed E-state index contributed by atoms with van der Waals surface area (Å²) in [6.07, 6.45) is 14.2. The summed E-state index contributed by atoms with van der Waals surface area (Å²) in [5.74, 6) is 1.42. The molecule has 28 heavy (non-hydrogen) atoms. The first-order valence-corrected chi connectivity index (χ1v) is 12.3. The maximum atomic E-state index is 13.7. The Hall–Kier alpha value is -1.13. The van der Waals surface area contributed by atoms with E-state index in [1.54, 1.807) is 0 Å². The van der Waals surface area contributed by atoms with Gasteiger partial charge in [0, 0.05) is 22.2 Å². The molecular formula is C24H36N2OS. The molecule has 0 bridgehead atoms. The number of carbonyl (C=O) groups is 1. The number of hydrogen-bond acceptors (Lipinski definition) is 3. The number of thiophene rings is 1. The van der Waals surface area contributed by atoms with Gasteiger partial charge in [-0.25, -0.2) is 0 Å². The molecule has 1 aromatic heterocycles. The molecule has 1 saturated carbocycles. The highest BCUT2D eigenvalue weighted by Gasteiger charge is 2.34. The van der Waals surface area contributed by atoms with Crippen molar-refractivity contribution in [2.75, 3.05) is 25.0 Å². The second kappa shape index (κ2) is 9.13. The van der Waals surface area contributed by atoms with Crippen molar-refractivity contribution in [3.05, 3.63) is 22.4 Å². The third kappa shape index (κ3) is 4.54. The van der Waals surface area contributed by atoms with E-state index in [1.807, 2.05) is 11.3 Å². The molecule has 2 heterocycles. The van der Waals surface area contributed by atoms with Crippen LogP contribution in [0.5, 0.6) is 0 Å². The van der Waals surface area contributed by atoms with Gasteiger partial charge in [-0.05, 0) is 102 Å². The second-order valence-electron chi connectivity index (χ2n) is 9.34. The number of rotatable bonds is 4. The van der Waals surface area contributed by atoms with E-state index in [-0.39, 0.29) is 5.92 Å². The van der Waals surface area contributed by atoms with E-state index < -0.39 is 0 Å². The first-order chi connectivity index (χ1) is 13.6. The lowest BCUT2D eigenvalue weighted by Gasteiger charge is -2.39. The Bertz CT molecular complexity index is 693. The van der Waals surface area contributed by atoms with Crippen LogP contribution in [0.25, 0.3) is 5.57 Å². The zero-order valence-electron chi connectivity index (χ0n) is 17.7. The van der Waals surface area contributed by atoms with Crippen molar-refractivity contribution < 1.29 is 4.79 Å². The van der Waals surface area contributed by atoms with Gasteiger partial charge in [0.1, 0.15) is 0 Å². The van der Waals surface area contributed by atoms with Crippen molar-refractivity contribution in [2.24, 2.45) is 11.8 Å². The Morgan fingerprint density at radius 2 is 1.86 bits per heavy atom. The topological polar surface area (TPSA) is 23.6 Å². The molecule has 154 valence electrons. The Morgan fingerprint density at radius 1 is 1.11 bits per heavy atom. The van der Waals surface area contributed by atoms with E-state index in [4.69, 9.17) is 0 Å². The van der Waals surface area contributed by atoms with Crippen LogP contribution in [0.2, 0.25) is 0 Å². The molecule has 1 saturated heterocycles. The van der Waals surface area contributed by atoms with Crippen LogP contribution >= 0.6 is 11.3 Å². The average molecular weight is 401 g/mol. The number of anilines is 1. The molecule has 0 N–H and O–H groups in total. The summed E-state index contributed by atoms with van der Waals surface area (Å²) >= 11 is 1.84. The summed E-state index contributed by atoms with van der Waals surface area (Å²) in [7, 11) is 2.20. The van der Waals surface area contributed by atoms with Gasteiger partial charge in [0.05, 0.1) is 5.69 Å². The smallest absolute Gasteiger partial charge is 0.230 e. The van der Waals surface area contributed by atoms with Crippen molar-refractivity contribution in [3.8, 4) is 0 Å². The lowest BCUT2D eigenvalue weighted by Crippen LogP contribution is -2.49. The summed E-state index contributed by atoms with van der Waals surface area (Å²) in [5, 5.41) is 2.26. The van der Waals surface area contributed by atoms with Crippen molar-refractivity contribution in [1.29, 1.82) is 0 Å². The normalized spacial score (nSPS) is 27.4. The Balaban J connectivity index is 1.57. The fraction of sp³-hybridized carbons (Fsp3) is 0.708. The molecule has 2 fully saturated rings. The minimum Gasteiger partial charge on any atom is -0.308 e. The van der Waals surface area contributed by atoms with Gasteiger partial charge in [-0.2, -0.15) is 0 Å². The molecule has 4 heteroatoms. The minimum absolute atomic E-state index is 0.230. The minimum atomic E-state index is 0.230. The maximum Gasteiger partial charge on any atom is 0.230 e. The van der Waals surface area contributed by atoms with Gasteiger partial charge in [-0.3, -0.25) is 4.79 Å². The molecule has 0 aromatic carbocycles. The summed E-state index contributed by atoms with van der Waals surface area (Å²) in [4.78, 5) is 19.7. The lowest BCUT2D eigenvalue weighted by molar-refractivity contribution is -0.124. The fourth-order valence-electron chi connectivity index (χ4n) is 5.16. The van der Waals surface area contributed by atoms with E-state index in [0.29, 0.717) is 11.9 Å². The number of carbonyl (C=O) groups excluding carboxylic acids is 1. The molecule has 1 aromatic rings. The van der Waals surface area contributed by atoms with Gasteiger partial charge in [0.2, 0.25) is 5.91 Å². The molecule has 1 amide bonds. The van der Waals surface area contributed by atoms with E-state index in [2.05, 4.69) is 41.3 Å². The number of likely N-dealkylation sites (tertiary alicyclic amines) is 1. The third-order valence-electron chi connectivity index (χ3n) is 7.13. The largest absolute Gasteiger partial charge is 0.308 e. The van der Waals surface area contributed by atoms with Gasteiger partial charge in [0.25, 0.3) is 0 Å². The number of amides is 1. The van der Waals surface area contributed by atoms with Gasteiger partial charge < -0.3 is 9.80 Å². The predicted molar refractivity (Wildman–Crippen MR) is 120 cm³/mol.